The number of benzene rings is 1. The molecule has 0 fully saturated rings. The Morgan fingerprint density at radius 1 is 1.20 bits per heavy atom. The van der Waals surface area contributed by atoms with Crippen LogP contribution in [0.4, 0.5) is 0 Å². The molecule has 0 N–H and O–H groups in total. The van der Waals surface area contributed by atoms with Gasteiger partial charge in [0.2, 0.25) is 0 Å². The maximum Gasteiger partial charge on any atom is 0.0710 e. The van der Waals surface area contributed by atoms with Gasteiger partial charge in [0.15, 0.2) is 0 Å². The Balaban J connectivity index is 2.52. The molecule has 0 aliphatic heterocycles. The second-order valence-electron chi connectivity index (χ2n) is 3.86. The molecule has 0 aliphatic carbocycles. The third kappa shape index (κ3) is 1.80. The molecule has 1 heterocycles. The summed E-state index contributed by atoms with van der Waals surface area (Å²) < 4.78 is 1.95. The van der Waals surface area contributed by atoms with Crippen LogP contribution in [0.1, 0.15) is 18.1 Å². The molecule has 2 heteroatoms. The SMILES string of the molecule is CCc1cnn(C)c1-c1ccc(C)cc1. The van der Waals surface area contributed by atoms with Crippen LogP contribution in [0.25, 0.3) is 11.3 Å². The highest BCUT2D eigenvalue weighted by atomic mass is 15.3. The predicted octanol–water partition coefficient (Wildman–Crippen LogP) is 2.96. The molecule has 0 amide bonds. The van der Waals surface area contributed by atoms with E-state index in [0.717, 1.165) is 6.42 Å². The van der Waals surface area contributed by atoms with E-state index >= 15 is 0 Å². The standard InChI is InChI=1S/C13H16N2/c1-4-11-9-14-15(3)13(11)12-7-5-10(2)6-8-12/h5-9H,4H2,1-3H3. The Morgan fingerprint density at radius 2 is 1.87 bits per heavy atom. The molecule has 0 bridgehead atoms. The van der Waals surface area contributed by atoms with Gasteiger partial charge in [-0.05, 0) is 18.9 Å². The third-order valence-electron chi connectivity index (χ3n) is 2.72. The molecule has 2 aromatic rings. The molecule has 78 valence electrons. The quantitative estimate of drug-likeness (QED) is 0.728. The van der Waals surface area contributed by atoms with Crippen molar-refractivity contribution in [3.05, 3.63) is 41.6 Å². The molecule has 15 heavy (non-hydrogen) atoms. The monoisotopic (exact) mass is 200 g/mol. The molecule has 0 unspecified atom stereocenters. The van der Waals surface area contributed by atoms with Gasteiger partial charge in [-0.3, -0.25) is 4.68 Å². The Labute approximate surface area is 90.6 Å². The molecule has 2 nitrogen and oxygen atoms in total. The Morgan fingerprint density at radius 3 is 2.47 bits per heavy atom. The summed E-state index contributed by atoms with van der Waals surface area (Å²) in [6, 6.07) is 8.60. The molecular weight excluding hydrogens is 184 g/mol. The van der Waals surface area contributed by atoms with Crippen molar-refractivity contribution in [3.63, 3.8) is 0 Å². The van der Waals surface area contributed by atoms with Gasteiger partial charge in [0.05, 0.1) is 11.9 Å². The van der Waals surface area contributed by atoms with Crippen molar-refractivity contribution in [1.82, 2.24) is 9.78 Å². The maximum absolute atomic E-state index is 4.30. The zero-order valence-electron chi connectivity index (χ0n) is 9.49. The fourth-order valence-electron chi connectivity index (χ4n) is 1.83. The van der Waals surface area contributed by atoms with Gasteiger partial charge in [0, 0.05) is 12.6 Å². The number of hydrogen-bond donors (Lipinski definition) is 0. The predicted molar refractivity (Wildman–Crippen MR) is 62.8 cm³/mol. The number of nitrogens with zero attached hydrogens (tertiary/aromatic N) is 2. The van der Waals surface area contributed by atoms with Crippen molar-refractivity contribution < 1.29 is 0 Å². The molecule has 1 aromatic heterocycles. The van der Waals surface area contributed by atoms with E-state index in [1.54, 1.807) is 0 Å². The van der Waals surface area contributed by atoms with Crippen LogP contribution in [0.3, 0.4) is 0 Å². The summed E-state index contributed by atoms with van der Waals surface area (Å²) >= 11 is 0. The zero-order chi connectivity index (χ0) is 10.8. The first-order chi connectivity index (χ1) is 7.22. The van der Waals surface area contributed by atoms with E-state index in [-0.39, 0.29) is 0 Å². The minimum absolute atomic E-state index is 1.02. The Hall–Kier alpha value is -1.57. The smallest absolute Gasteiger partial charge is 0.0710 e. The fraction of sp³-hybridized carbons (Fsp3) is 0.308. The van der Waals surface area contributed by atoms with Crippen LogP contribution in [0, 0.1) is 6.92 Å². The molecule has 0 spiro atoms. The topological polar surface area (TPSA) is 17.8 Å². The summed E-state index contributed by atoms with van der Waals surface area (Å²) in [5.74, 6) is 0. The van der Waals surface area contributed by atoms with E-state index < -0.39 is 0 Å². The number of hydrogen-bond acceptors (Lipinski definition) is 1. The van der Waals surface area contributed by atoms with Crippen molar-refractivity contribution >= 4 is 0 Å². The zero-order valence-corrected chi connectivity index (χ0v) is 9.49. The second-order valence-corrected chi connectivity index (χ2v) is 3.86. The highest BCUT2D eigenvalue weighted by Gasteiger charge is 2.08. The Kier molecular flexibility index (Phi) is 2.58. The van der Waals surface area contributed by atoms with Gasteiger partial charge in [-0.2, -0.15) is 5.10 Å². The molecule has 1 aromatic carbocycles. The highest BCUT2D eigenvalue weighted by Crippen LogP contribution is 2.23. The average molecular weight is 200 g/mol. The summed E-state index contributed by atoms with van der Waals surface area (Å²) in [4.78, 5) is 0. The molecule has 2 rings (SSSR count). The van der Waals surface area contributed by atoms with Crippen molar-refractivity contribution in [1.29, 1.82) is 0 Å². The summed E-state index contributed by atoms with van der Waals surface area (Å²) in [7, 11) is 1.99. The van der Waals surface area contributed by atoms with Crippen molar-refractivity contribution in [2.45, 2.75) is 20.3 Å². The third-order valence-corrected chi connectivity index (χ3v) is 2.72. The lowest BCUT2D eigenvalue weighted by Gasteiger charge is -2.05. The van der Waals surface area contributed by atoms with Crippen LogP contribution >= 0.6 is 0 Å². The van der Waals surface area contributed by atoms with Crippen molar-refractivity contribution in [2.75, 3.05) is 0 Å². The molecule has 0 atom stereocenters. The lowest BCUT2D eigenvalue weighted by Crippen LogP contribution is -1.95. The first kappa shape index (κ1) is 9.97. The van der Waals surface area contributed by atoms with Crippen LogP contribution in [-0.4, -0.2) is 9.78 Å². The van der Waals surface area contributed by atoms with Crippen LogP contribution in [0.15, 0.2) is 30.5 Å². The number of rotatable bonds is 2. The van der Waals surface area contributed by atoms with Gasteiger partial charge < -0.3 is 0 Å². The minimum Gasteiger partial charge on any atom is -0.268 e. The summed E-state index contributed by atoms with van der Waals surface area (Å²) in [5, 5.41) is 4.30. The van der Waals surface area contributed by atoms with Crippen LogP contribution in [0.2, 0.25) is 0 Å². The lowest BCUT2D eigenvalue weighted by atomic mass is 10.1. The van der Waals surface area contributed by atoms with E-state index in [0.29, 0.717) is 0 Å². The first-order valence-electron chi connectivity index (χ1n) is 5.30. The summed E-state index contributed by atoms with van der Waals surface area (Å²) in [5.41, 5.74) is 5.08. The maximum atomic E-state index is 4.30. The van der Waals surface area contributed by atoms with Gasteiger partial charge in [0.1, 0.15) is 0 Å². The van der Waals surface area contributed by atoms with E-state index in [1.807, 2.05) is 17.9 Å². The highest BCUT2D eigenvalue weighted by molar-refractivity contribution is 5.63. The molecule has 0 saturated heterocycles. The molecule has 0 aliphatic rings. The Bertz CT molecular complexity index is 452. The molecular formula is C13H16N2. The normalized spacial score (nSPS) is 10.6. The first-order valence-corrected chi connectivity index (χ1v) is 5.30. The fourth-order valence-corrected chi connectivity index (χ4v) is 1.83. The van der Waals surface area contributed by atoms with Gasteiger partial charge in [-0.1, -0.05) is 36.8 Å². The molecule has 0 radical (unpaired) electrons. The molecule has 0 saturated carbocycles. The summed E-state index contributed by atoms with van der Waals surface area (Å²) in [6.45, 7) is 4.27. The van der Waals surface area contributed by atoms with E-state index in [2.05, 4.69) is 43.2 Å². The van der Waals surface area contributed by atoms with Crippen LogP contribution in [0.5, 0.6) is 0 Å². The minimum atomic E-state index is 1.02. The van der Waals surface area contributed by atoms with Crippen LogP contribution < -0.4 is 0 Å². The van der Waals surface area contributed by atoms with Gasteiger partial charge >= 0.3 is 0 Å². The van der Waals surface area contributed by atoms with Crippen LogP contribution in [-0.2, 0) is 13.5 Å². The second kappa shape index (κ2) is 3.89. The number of aromatic nitrogens is 2. The largest absolute Gasteiger partial charge is 0.268 e. The van der Waals surface area contributed by atoms with E-state index in [9.17, 15) is 0 Å². The average Bonchev–Trinajstić information content (AvgIpc) is 2.61. The summed E-state index contributed by atoms with van der Waals surface area (Å²) in [6.07, 6.45) is 2.98. The van der Waals surface area contributed by atoms with Gasteiger partial charge in [-0.15, -0.1) is 0 Å². The van der Waals surface area contributed by atoms with Gasteiger partial charge in [-0.25, -0.2) is 0 Å². The van der Waals surface area contributed by atoms with Gasteiger partial charge in [0.25, 0.3) is 0 Å². The lowest BCUT2D eigenvalue weighted by molar-refractivity contribution is 0.775. The van der Waals surface area contributed by atoms with E-state index in [1.165, 1.54) is 22.4 Å². The van der Waals surface area contributed by atoms with Crippen molar-refractivity contribution in [3.8, 4) is 11.3 Å². The van der Waals surface area contributed by atoms with Crippen molar-refractivity contribution in [2.24, 2.45) is 7.05 Å². The number of aryl methyl sites for hydroxylation is 3. The van der Waals surface area contributed by atoms with E-state index in [4.69, 9.17) is 0 Å².